The molecule has 1 N–H and O–H groups in total. The number of hydrogen-bond acceptors (Lipinski definition) is 3. The Morgan fingerprint density at radius 1 is 0.537 bits per heavy atom. The maximum atomic E-state index is 5.24. The molecule has 11 rings (SSSR count). The molecule has 2 spiro atoms. The number of nitrogens with zero attached hydrogens (tertiary/aromatic N) is 2. The van der Waals surface area contributed by atoms with E-state index in [1.165, 1.54) is 92.9 Å². The normalized spacial score (nSPS) is 21.7. The first-order chi connectivity index (χ1) is 26.7. The van der Waals surface area contributed by atoms with Gasteiger partial charge < -0.3 is 5.32 Å². The van der Waals surface area contributed by atoms with Crippen molar-refractivity contribution in [3.8, 4) is 22.3 Å². The van der Waals surface area contributed by atoms with Gasteiger partial charge in [0, 0.05) is 22.0 Å². The van der Waals surface area contributed by atoms with Crippen molar-refractivity contribution in [1.29, 1.82) is 0 Å². The third kappa shape index (κ3) is 4.86. The van der Waals surface area contributed by atoms with E-state index < -0.39 is 0 Å². The highest BCUT2D eigenvalue weighted by atomic mass is 15.2. The Morgan fingerprint density at radius 3 is 1.89 bits per heavy atom. The number of allylic oxidation sites excluding steroid dienone is 4. The second-order valence-corrected chi connectivity index (χ2v) is 16.7. The number of aliphatic imine (C=N–C) groups is 2. The molecule has 0 radical (unpaired) electrons. The van der Waals surface area contributed by atoms with Gasteiger partial charge in [0.2, 0.25) is 0 Å². The van der Waals surface area contributed by atoms with Crippen LogP contribution in [0.3, 0.4) is 0 Å². The first-order valence-corrected chi connectivity index (χ1v) is 20.6. The molecule has 5 aromatic rings. The molecule has 54 heavy (non-hydrogen) atoms. The van der Waals surface area contributed by atoms with Gasteiger partial charge in [0.1, 0.15) is 11.7 Å². The number of amidine groups is 2. The highest BCUT2D eigenvalue weighted by Crippen LogP contribution is 2.64. The van der Waals surface area contributed by atoms with Crippen LogP contribution in [0.2, 0.25) is 0 Å². The summed E-state index contributed by atoms with van der Waals surface area (Å²) in [6.45, 7) is 0. The molecule has 1 aliphatic heterocycles. The fraction of sp³-hybridized carbons (Fsp3) is 0.294. The topological polar surface area (TPSA) is 36.8 Å². The van der Waals surface area contributed by atoms with Gasteiger partial charge in [-0.05, 0) is 112 Å². The third-order valence-corrected chi connectivity index (χ3v) is 14.0. The fourth-order valence-electron chi connectivity index (χ4n) is 11.6. The zero-order valence-electron chi connectivity index (χ0n) is 31.0. The van der Waals surface area contributed by atoms with Gasteiger partial charge in [0.15, 0.2) is 6.17 Å². The quantitative estimate of drug-likeness (QED) is 0.199. The van der Waals surface area contributed by atoms with E-state index in [0.717, 1.165) is 28.4 Å². The van der Waals surface area contributed by atoms with E-state index in [1.54, 1.807) is 27.8 Å². The van der Waals surface area contributed by atoms with E-state index in [2.05, 4.69) is 139 Å². The summed E-state index contributed by atoms with van der Waals surface area (Å²) in [5, 5.41) is 3.56. The van der Waals surface area contributed by atoms with Gasteiger partial charge in [0.05, 0.1) is 0 Å². The zero-order chi connectivity index (χ0) is 35.7. The minimum Gasteiger partial charge on any atom is -0.324 e. The highest BCUT2D eigenvalue weighted by molar-refractivity contribution is 6.15. The van der Waals surface area contributed by atoms with Crippen molar-refractivity contribution in [2.24, 2.45) is 15.9 Å². The molecule has 0 amide bonds. The largest absolute Gasteiger partial charge is 0.324 e. The molecule has 5 aromatic carbocycles. The van der Waals surface area contributed by atoms with E-state index in [1.807, 2.05) is 0 Å². The van der Waals surface area contributed by atoms with E-state index in [-0.39, 0.29) is 11.6 Å². The lowest BCUT2D eigenvalue weighted by atomic mass is 9.63. The summed E-state index contributed by atoms with van der Waals surface area (Å²) >= 11 is 0. The average molecular weight is 702 g/mol. The van der Waals surface area contributed by atoms with Gasteiger partial charge in [0.25, 0.3) is 0 Å². The average Bonchev–Trinajstić information content (AvgIpc) is 3.66. The Balaban J connectivity index is 1.06. The lowest BCUT2D eigenvalue weighted by Gasteiger charge is -2.40. The molecule has 5 aliphatic carbocycles. The zero-order valence-corrected chi connectivity index (χ0v) is 31.0. The molecule has 2 saturated carbocycles. The van der Waals surface area contributed by atoms with Crippen molar-refractivity contribution in [3.05, 3.63) is 172 Å². The predicted octanol–water partition coefficient (Wildman–Crippen LogP) is 12.3. The van der Waals surface area contributed by atoms with Crippen LogP contribution in [0, 0.1) is 5.92 Å². The SMILES string of the molecule is C1=CCC2C(=C1)c1cc3c(cc1C21CCCCC1)-c1cccc(-c2cccc(C4N=C(c5ccccc5)NC(c5ccccc5)=N4)c2)c1C31CCCCC1. The summed E-state index contributed by atoms with van der Waals surface area (Å²) in [6, 6.07) is 42.7. The Morgan fingerprint density at radius 2 is 1.17 bits per heavy atom. The summed E-state index contributed by atoms with van der Waals surface area (Å²) < 4.78 is 0. The third-order valence-electron chi connectivity index (χ3n) is 14.0. The van der Waals surface area contributed by atoms with Crippen molar-refractivity contribution >= 4 is 17.2 Å². The summed E-state index contributed by atoms with van der Waals surface area (Å²) in [5.41, 5.74) is 17.3. The van der Waals surface area contributed by atoms with Crippen molar-refractivity contribution in [1.82, 2.24) is 5.32 Å². The second-order valence-electron chi connectivity index (χ2n) is 16.7. The van der Waals surface area contributed by atoms with Gasteiger partial charge in [-0.1, -0.05) is 154 Å². The molecule has 266 valence electrons. The Kier molecular flexibility index (Phi) is 7.54. The Labute approximate surface area is 319 Å². The first-order valence-electron chi connectivity index (χ1n) is 20.6. The van der Waals surface area contributed by atoms with Gasteiger partial charge in [-0.25, -0.2) is 9.98 Å². The lowest BCUT2D eigenvalue weighted by molar-refractivity contribution is 0.241. The molecule has 6 aliphatic rings. The Bertz CT molecular complexity index is 2340. The second kappa shape index (κ2) is 12.7. The van der Waals surface area contributed by atoms with Crippen LogP contribution in [0.4, 0.5) is 0 Å². The van der Waals surface area contributed by atoms with Crippen molar-refractivity contribution < 1.29 is 0 Å². The number of benzene rings is 5. The molecule has 3 nitrogen and oxygen atoms in total. The number of nitrogens with one attached hydrogen (secondary N) is 1. The van der Waals surface area contributed by atoms with Crippen LogP contribution >= 0.6 is 0 Å². The van der Waals surface area contributed by atoms with Crippen LogP contribution in [-0.2, 0) is 10.8 Å². The Hall–Kier alpha value is -5.28. The maximum Gasteiger partial charge on any atom is 0.169 e. The van der Waals surface area contributed by atoms with Crippen LogP contribution in [0.5, 0.6) is 0 Å². The van der Waals surface area contributed by atoms with Crippen molar-refractivity contribution in [2.75, 3.05) is 0 Å². The molecular weight excluding hydrogens is 655 g/mol. The smallest absolute Gasteiger partial charge is 0.169 e. The van der Waals surface area contributed by atoms with Crippen LogP contribution in [-0.4, -0.2) is 11.7 Å². The molecule has 0 saturated heterocycles. The number of hydrogen-bond donors (Lipinski definition) is 1. The molecule has 0 bridgehead atoms. The van der Waals surface area contributed by atoms with Gasteiger partial charge >= 0.3 is 0 Å². The molecular formula is C51H47N3. The molecule has 1 heterocycles. The van der Waals surface area contributed by atoms with Crippen molar-refractivity contribution in [3.63, 3.8) is 0 Å². The standard InChI is InChI=1S/C51H47N3/c1-5-17-34(18-6-1)47-52-48(35-19-7-2-8-20-35)54-49(53-47)37-22-15-21-36(31-37)38-24-16-25-40-42-33-44-41(32-45(42)51(46(38)40)29-13-4-14-30-51)39-23-9-10-26-43(39)50(44)27-11-3-12-28-50/h1-2,5-10,15-25,31-33,43,49H,3-4,11-14,26-30H2,(H,52,53,54). The predicted molar refractivity (Wildman–Crippen MR) is 223 cm³/mol. The van der Waals surface area contributed by atoms with Crippen LogP contribution < -0.4 is 5.32 Å². The molecule has 1 unspecified atom stereocenters. The minimum absolute atomic E-state index is 0.0411. The fourth-order valence-corrected chi connectivity index (χ4v) is 11.6. The maximum absolute atomic E-state index is 5.24. The highest BCUT2D eigenvalue weighted by Gasteiger charge is 2.52. The summed E-state index contributed by atoms with van der Waals surface area (Å²) in [7, 11) is 0. The van der Waals surface area contributed by atoms with E-state index in [0.29, 0.717) is 11.3 Å². The van der Waals surface area contributed by atoms with Gasteiger partial charge in [-0.15, -0.1) is 0 Å². The lowest BCUT2D eigenvalue weighted by Crippen LogP contribution is -2.36. The molecule has 2 fully saturated rings. The number of fused-ring (bicyclic) bond motifs is 10. The molecule has 3 heteroatoms. The molecule has 1 atom stereocenters. The summed E-state index contributed by atoms with van der Waals surface area (Å²) in [6.07, 6.45) is 21.2. The monoisotopic (exact) mass is 701 g/mol. The van der Waals surface area contributed by atoms with Gasteiger partial charge in [-0.2, -0.15) is 0 Å². The number of rotatable bonds is 4. The van der Waals surface area contributed by atoms with Crippen molar-refractivity contribution in [2.45, 2.75) is 87.6 Å². The van der Waals surface area contributed by atoms with E-state index in [9.17, 15) is 0 Å². The minimum atomic E-state index is -0.352. The first kappa shape index (κ1) is 32.2. The summed E-state index contributed by atoms with van der Waals surface area (Å²) in [4.78, 5) is 10.5. The van der Waals surface area contributed by atoms with E-state index in [4.69, 9.17) is 9.98 Å². The summed E-state index contributed by atoms with van der Waals surface area (Å²) in [5.74, 6) is 2.35. The van der Waals surface area contributed by atoms with Crippen LogP contribution in [0.1, 0.15) is 116 Å². The van der Waals surface area contributed by atoms with Crippen LogP contribution in [0.25, 0.3) is 27.8 Å². The molecule has 0 aromatic heterocycles. The van der Waals surface area contributed by atoms with E-state index >= 15 is 0 Å². The van der Waals surface area contributed by atoms with Gasteiger partial charge in [-0.3, -0.25) is 0 Å². The van der Waals surface area contributed by atoms with Crippen LogP contribution in [0.15, 0.2) is 143 Å².